The highest BCUT2D eigenvalue weighted by atomic mass is 16.4. The number of carboxylic acid groups (broad SMARTS) is 1. The van der Waals surface area contributed by atoms with E-state index in [-0.39, 0.29) is 12.0 Å². The highest BCUT2D eigenvalue weighted by Crippen LogP contribution is 2.23. The van der Waals surface area contributed by atoms with Gasteiger partial charge in [0.05, 0.1) is 0 Å². The van der Waals surface area contributed by atoms with Gasteiger partial charge >= 0.3 is 5.97 Å². The summed E-state index contributed by atoms with van der Waals surface area (Å²) >= 11 is 0. The predicted octanol–water partition coefficient (Wildman–Crippen LogP) is 1.88. The van der Waals surface area contributed by atoms with Crippen molar-refractivity contribution in [1.29, 1.82) is 0 Å². The summed E-state index contributed by atoms with van der Waals surface area (Å²) in [5.74, 6) is -0.289. The largest absolute Gasteiger partial charge is 0.480 e. The monoisotopic (exact) mass is 208 g/mol. The van der Waals surface area contributed by atoms with Gasteiger partial charge in [0.25, 0.3) is 0 Å². The van der Waals surface area contributed by atoms with Crippen LogP contribution in [0, 0.1) is 0 Å². The fourth-order valence-electron chi connectivity index (χ4n) is 1.16. The van der Waals surface area contributed by atoms with Crippen molar-refractivity contribution in [2.75, 3.05) is 11.9 Å². The molecular formula is C11H16N2O2. The van der Waals surface area contributed by atoms with E-state index in [0.29, 0.717) is 5.82 Å². The lowest BCUT2D eigenvalue weighted by Crippen LogP contribution is -2.15. The lowest BCUT2D eigenvalue weighted by molar-refractivity contribution is -0.134. The van der Waals surface area contributed by atoms with Crippen LogP contribution in [0.5, 0.6) is 0 Å². The molecule has 0 saturated carbocycles. The number of aliphatic carboxylic acids is 1. The first kappa shape index (κ1) is 11.5. The molecule has 2 N–H and O–H groups in total. The molecule has 4 nitrogen and oxygen atoms in total. The second-order valence-electron chi connectivity index (χ2n) is 4.43. The number of pyridine rings is 1. The first-order chi connectivity index (χ1) is 6.89. The molecule has 4 heteroatoms. The van der Waals surface area contributed by atoms with E-state index < -0.39 is 5.97 Å². The zero-order chi connectivity index (χ0) is 11.5. The Morgan fingerprint density at radius 1 is 1.53 bits per heavy atom. The number of hydrogen-bond donors (Lipinski definition) is 2. The molecule has 0 bridgehead atoms. The van der Waals surface area contributed by atoms with Crippen molar-refractivity contribution in [3.8, 4) is 0 Å². The molecule has 1 aromatic rings. The molecule has 0 spiro atoms. The molecule has 15 heavy (non-hydrogen) atoms. The molecule has 0 amide bonds. The average molecular weight is 208 g/mol. The molecule has 0 unspecified atom stereocenters. The van der Waals surface area contributed by atoms with Gasteiger partial charge in [-0.1, -0.05) is 20.8 Å². The fraction of sp³-hybridized carbons (Fsp3) is 0.455. The summed E-state index contributed by atoms with van der Waals surface area (Å²) in [4.78, 5) is 14.4. The lowest BCUT2D eigenvalue weighted by Gasteiger charge is -2.19. The summed E-state index contributed by atoms with van der Waals surface area (Å²) < 4.78 is 0. The number of aromatic nitrogens is 1. The SMILES string of the molecule is CC(C)(C)c1ccnc(NCC(=O)O)c1. The molecule has 0 aromatic carbocycles. The molecule has 0 atom stereocenters. The number of rotatable bonds is 3. The Balaban J connectivity index is 2.79. The van der Waals surface area contributed by atoms with E-state index in [0.717, 1.165) is 5.56 Å². The number of nitrogens with one attached hydrogen (secondary N) is 1. The van der Waals surface area contributed by atoms with E-state index in [1.807, 2.05) is 12.1 Å². The Kier molecular flexibility index (Phi) is 3.29. The minimum atomic E-state index is -0.891. The normalized spacial score (nSPS) is 11.1. The van der Waals surface area contributed by atoms with Crippen LogP contribution >= 0.6 is 0 Å². The van der Waals surface area contributed by atoms with Gasteiger partial charge < -0.3 is 10.4 Å². The number of carbonyl (C=O) groups is 1. The van der Waals surface area contributed by atoms with Gasteiger partial charge in [-0.3, -0.25) is 4.79 Å². The van der Waals surface area contributed by atoms with Gasteiger partial charge in [0.2, 0.25) is 0 Å². The summed E-state index contributed by atoms with van der Waals surface area (Å²) in [5.41, 5.74) is 1.17. The molecule has 0 aliphatic heterocycles. The fourth-order valence-corrected chi connectivity index (χ4v) is 1.16. The summed E-state index contributed by atoms with van der Waals surface area (Å²) in [6.07, 6.45) is 1.69. The van der Waals surface area contributed by atoms with Crippen LogP contribution in [0.25, 0.3) is 0 Å². The van der Waals surface area contributed by atoms with E-state index in [1.54, 1.807) is 6.20 Å². The van der Waals surface area contributed by atoms with E-state index in [1.165, 1.54) is 0 Å². The van der Waals surface area contributed by atoms with Gasteiger partial charge in [0.15, 0.2) is 0 Å². The van der Waals surface area contributed by atoms with Crippen LogP contribution in [0.15, 0.2) is 18.3 Å². The third kappa shape index (κ3) is 3.58. The van der Waals surface area contributed by atoms with Crippen LogP contribution in [0.4, 0.5) is 5.82 Å². The van der Waals surface area contributed by atoms with Crippen LogP contribution in [0.2, 0.25) is 0 Å². The van der Waals surface area contributed by atoms with Crippen molar-refractivity contribution >= 4 is 11.8 Å². The highest BCUT2D eigenvalue weighted by Gasteiger charge is 2.14. The van der Waals surface area contributed by atoms with E-state index in [9.17, 15) is 4.79 Å². The van der Waals surface area contributed by atoms with Crippen molar-refractivity contribution in [2.24, 2.45) is 0 Å². The Hall–Kier alpha value is -1.58. The molecule has 0 aliphatic carbocycles. The maximum atomic E-state index is 10.4. The third-order valence-electron chi connectivity index (χ3n) is 2.05. The Morgan fingerprint density at radius 3 is 2.73 bits per heavy atom. The van der Waals surface area contributed by atoms with Gasteiger partial charge in [0, 0.05) is 6.20 Å². The van der Waals surface area contributed by atoms with Crippen molar-refractivity contribution < 1.29 is 9.90 Å². The van der Waals surface area contributed by atoms with Gasteiger partial charge in [-0.15, -0.1) is 0 Å². The molecule has 0 saturated heterocycles. The standard InChI is InChI=1S/C11H16N2O2/c1-11(2,3)8-4-5-12-9(6-8)13-7-10(14)15/h4-6H,7H2,1-3H3,(H,12,13)(H,14,15). The van der Waals surface area contributed by atoms with Gasteiger partial charge in [0.1, 0.15) is 12.4 Å². The lowest BCUT2D eigenvalue weighted by atomic mass is 9.88. The van der Waals surface area contributed by atoms with Crippen LogP contribution < -0.4 is 5.32 Å². The average Bonchev–Trinajstić information content (AvgIpc) is 2.14. The van der Waals surface area contributed by atoms with Gasteiger partial charge in [-0.2, -0.15) is 0 Å². The molecule has 1 rings (SSSR count). The third-order valence-corrected chi connectivity index (χ3v) is 2.05. The molecular weight excluding hydrogens is 192 g/mol. The second kappa shape index (κ2) is 4.29. The van der Waals surface area contributed by atoms with Gasteiger partial charge in [-0.25, -0.2) is 4.98 Å². The molecule has 1 aromatic heterocycles. The predicted molar refractivity (Wildman–Crippen MR) is 59.1 cm³/mol. The minimum Gasteiger partial charge on any atom is -0.480 e. The van der Waals surface area contributed by atoms with Crippen LogP contribution in [-0.4, -0.2) is 22.6 Å². The number of nitrogens with zero attached hydrogens (tertiary/aromatic N) is 1. The number of anilines is 1. The quantitative estimate of drug-likeness (QED) is 0.796. The first-order valence-corrected chi connectivity index (χ1v) is 4.82. The summed E-state index contributed by atoms with van der Waals surface area (Å²) in [5, 5.41) is 11.3. The van der Waals surface area contributed by atoms with Crippen LogP contribution in [0.3, 0.4) is 0 Å². The Labute approximate surface area is 89.3 Å². The molecule has 0 radical (unpaired) electrons. The van der Waals surface area contributed by atoms with E-state index in [2.05, 4.69) is 31.1 Å². The second-order valence-corrected chi connectivity index (χ2v) is 4.43. The van der Waals surface area contributed by atoms with E-state index in [4.69, 9.17) is 5.11 Å². The Morgan fingerprint density at radius 2 is 2.20 bits per heavy atom. The van der Waals surface area contributed by atoms with Gasteiger partial charge in [-0.05, 0) is 23.1 Å². The van der Waals surface area contributed by atoms with Crippen molar-refractivity contribution in [2.45, 2.75) is 26.2 Å². The molecule has 82 valence electrons. The maximum absolute atomic E-state index is 10.4. The molecule has 1 heterocycles. The maximum Gasteiger partial charge on any atom is 0.322 e. The zero-order valence-electron chi connectivity index (χ0n) is 9.24. The topological polar surface area (TPSA) is 62.2 Å². The zero-order valence-corrected chi connectivity index (χ0v) is 9.24. The molecule has 0 aliphatic rings. The van der Waals surface area contributed by atoms with Crippen LogP contribution in [0.1, 0.15) is 26.3 Å². The summed E-state index contributed by atoms with van der Waals surface area (Å²) in [7, 11) is 0. The number of hydrogen-bond acceptors (Lipinski definition) is 3. The smallest absolute Gasteiger partial charge is 0.322 e. The molecule has 0 fully saturated rings. The van der Waals surface area contributed by atoms with Crippen LogP contribution in [-0.2, 0) is 10.2 Å². The van der Waals surface area contributed by atoms with Crippen molar-refractivity contribution in [3.63, 3.8) is 0 Å². The Bertz CT molecular complexity index is 356. The minimum absolute atomic E-state index is 0.0442. The van der Waals surface area contributed by atoms with E-state index >= 15 is 0 Å². The summed E-state index contributed by atoms with van der Waals surface area (Å²) in [6, 6.07) is 3.81. The highest BCUT2D eigenvalue weighted by molar-refractivity contribution is 5.72. The first-order valence-electron chi connectivity index (χ1n) is 4.82. The summed E-state index contributed by atoms with van der Waals surface area (Å²) in [6.45, 7) is 6.19. The van der Waals surface area contributed by atoms with Crippen molar-refractivity contribution in [3.05, 3.63) is 23.9 Å². The number of carboxylic acids is 1. The van der Waals surface area contributed by atoms with Crippen molar-refractivity contribution in [1.82, 2.24) is 4.98 Å².